The van der Waals surface area contributed by atoms with Gasteiger partial charge < -0.3 is 14.8 Å². The molecule has 1 unspecified atom stereocenters. The Kier molecular flexibility index (Phi) is 5.34. The highest BCUT2D eigenvalue weighted by Gasteiger charge is 2.36. The first-order valence-electron chi connectivity index (χ1n) is 11.0. The minimum absolute atomic E-state index is 0.288. The number of para-hydroxylation sites is 2. The van der Waals surface area contributed by atoms with E-state index >= 15 is 0 Å². The summed E-state index contributed by atoms with van der Waals surface area (Å²) in [5.74, 6) is 1.07. The number of nitrogens with one attached hydrogen (secondary N) is 1. The number of carbonyl (C=O) groups is 1. The summed E-state index contributed by atoms with van der Waals surface area (Å²) in [6, 6.07) is 23.4. The van der Waals surface area contributed by atoms with Crippen molar-refractivity contribution in [3.63, 3.8) is 0 Å². The Bertz CT molecular complexity index is 1370. The maximum atomic E-state index is 13.5. The number of aromatic nitrogens is 2. The van der Waals surface area contributed by atoms with Crippen molar-refractivity contribution in [1.82, 2.24) is 9.55 Å². The van der Waals surface area contributed by atoms with Crippen LogP contribution in [0.5, 0.6) is 5.75 Å². The zero-order valence-corrected chi connectivity index (χ0v) is 18.8. The Labute approximate surface area is 192 Å². The van der Waals surface area contributed by atoms with Gasteiger partial charge in [-0.2, -0.15) is 0 Å². The number of methoxy groups -OCH3 is 1. The molecule has 5 rings (SSSR count). The molecule has 3 aromatic carbocycles. The zero-order chi connectivity index (χ0) is 22.9. The van der Waals surface area contributed by atoms with Crippen LogP contribution in [0.4, 0.5) is 5.95 Å². The largest absolute Gasteiger partial charge is 0.497 e. The predicted octanol–water partition coefficient (Wildman–Crippen LogP) is 5.34. The van der Waals surface area contributed by atoms with Crippen LogP contribution in [0.15, 0.2) is 78.4 Å². The summed E-state index contributed by atoms with van der Waals surface area (Å²) in [5.41, 5.74) is 6.00. The van der Waals surface area contributed by atoms with Gasteiger partial charge in [-0.3, -0.25) is 4.57 Å². The van der Waals surface area contributed by atoms with Gasteiger partial charge in [-0.1, -0.05) is 42.0 Å². The lowest BCUT2D eigenvalue weighted by atomic mass is 9.91. The van der Waals surface area contributed by atoms with E-state index in [0.717, 1.165) is 33.5 Å². The first kappa shape index (κ1) is 20.8. The molecular formula is C27H25N3O3. The van der Waals surface area contributed by atoms with Crippen LogP contribution >= 0.6 is 0 Å². The quantitative estimate of drug-likeness (QED) is 0.425. The molecule has 1 atom stereocenters. The third-order valence-corrected chi connectivity index (χ3v) is 5.87. The van der Waals surface area contributed by atoms with Crippen LogP contribution in [0.3, 0.4) is 0 Å². The van der Waals surface area contributed by atoms with Crippen molar-refractivity contribution in [3.05, 3.63) is 95.1 Å². The second-order valence-corrected chi connectivity index (χ2v) is 7.97. The molecule has 0 saturated heterocycles. The molecule has 0 bridgehead atoms. The number of aryl methyl sites for hydroxylation is 1. The van der Waals surface area contributed by atoms with Gasteiger partial charge in [-0.05, 0) is 61.4 Å². The maximum Gasteiger partial charge on any atom is 0.338 e. The average Bonchev–Trinajstić information content (AvgIpc) is 3.21. The van der Waals surface area contributed by atoms with E-state index in [4.69, 9.17) is 14.5 Å². The standard InChI is InChI=1S/C27H25N3O3/c1-4-33-26(31)23-24(18-12-14-20(32-3)15-13-18)29-27-28-21-10-5-6-11-22(21)30(27)25(23)19-9-7-8-17(2)16-19/h5-16,25H,4H2,1-3H3,(H,28,29). The summed E-state index contributed by atoms with van der Waals surface area (Å²) < 4.78 is 13.0. The molecule has 1 aromatic heterocycles. The zero-order valence-electron chi connectivity index (χ0n) is 18.8. The Morgan fingerprint density at radius 2 is 1.85 bits per heavy atom. The van der Waals surface area contributed by atoms with Gasteiger partial charge in [0.25, 0.3) is 0 Å². The molecule has 0 aliphatic carbocycles. The number of benzene rings is 3. The Morgan fingerprint density at radius 3 is 2.58 bits per heavy atom. The number of carbonyl (C=O) groups excluding carboxylic acids is 1. The molecule has 6 nitrogen and oxygen atoms in total. The SMILES string of the molecule is CCOC(=O)C1=C(c2ccc(OC)cc2)Nc2nc3ccccc3n2C1c1cccc(C)c1. The number of anilines is 1. The van der Waals surface area contributed by atoms with Crippen LogP contribution < -0.4 is 10.1 Å². The fourth-order valence-corrected chi connectivity index (χ4v) is 4.40. The van der Waals surface area contributed by atoms with Crippen LogP contribution in [0.1, 0.15) is 29.7 Å². The van der Waals surface area contributed by atoms with E-state index in [2.05, 4.69) is 28.9 Å². The summed E-state index contributed by atoms with van der Waals surface area (Å²) in [6.45, 7) is 4.16. The Morgan fingerprint density at radius 1 is 1.06 bits per heavy atom. The topological polar surface area (TPSA) is 65.4 Å². The molecule has 0 saturated carbocycles. The van der Waals surface area contributed by atoms with Crippen molar-refractivity contribution >= 4 is 28.6 Å². The highest BCUT2D eigenvalue weighted by Crippen LogP contribution is 2.42. The van der Waals surface area contributed by atoms with Gasteiger partial charge in [-0.15, -0.1) is 0 Å². The number of nitrogens with zero attached hydrogens (tertiary/aromatic N) is 2. The monoisotopic (exact) mass is 439 g/mol. The highest BCUT2D eigenvalue weighted by atomic mass is 16.5. The summed E-state index contributed by atoms with van der Waals surface area (Å²) in [4.78, 5) is 18.3. The van der Waals surface area contributed by atoms with Crippen molar-refractivity contribution in [3.8, 4) is 5.75 Å². The molecule has 4 aromatic rings. The molecule has 1 aliphatic heterocycles. The van der Waals surface area contributed by atoms with Crippen molar-refractivity contribution in [2.75, 3.05) is 19.0 Å². The van der Waals surface area contributed by atoms with E-state index in [0.29, 0.717) is 17.2 Å². The normalized spacial score (nSPS) is 15.2. The summed E-state index contributed by atoms with van der Waals surface area (Å²) in [7, 11) is 1.63. The maximum absolute atomic E-state index is 13.5. The van der Waals surface area contributed by atoms with Crippen LogP contribution in [0, 0.1) is 6.92 Å². The first-order chi connectivity index (χ1) is 16.1. The number of imidazole rings is 1. The molecule has 0 fully saturated rings. The average molecular weight is 440 g/mol. The van der Waals surface area contributed by atoms with Gasteiger partial charge in [0.05, 0.1) is 42.1 Å². The van der Waals surface area contributed by atoms with Crippen LogP contribution in [0.2, 0.25) is 0 Å². The highest BCUT2D eigenvalue weighted by molar-refractivity contribution is 6.03. The van der Waals surface area contributed by atoms with Gasteiger partial charge in [0.15, 0.2) is 0 Å². The molecule has 33 heavy (non-hydrogen) atoms. The number of hydrogen-bond donors (Lipinski definition) is 1. The van der Waals surface area contributed by atoms with Gasteiger partial charge in [0.2, 0.25) is 5.95 Å². The van der Waals surface area contributed by atoms with E-state index in [1.165, 1.54) is 0 Å². The smallest absolute Gasteiger partial charge is 0.338 e. The molecule has 2 heterocycles. The number of hydrogen-bond acceptors (Lipinski definition) is 5. The fraction of sp³-hybridized carbons (Fsp3) is 0.185. The predicted molar refractivity (Wildman–Crippen MR) is 129 cm³/mol. The third kappa shape index (κ3) is 3.63. The lowest BCUT2D eigenvalue weighted by Gasteiger charge is -2.31. The van der Waals surface area contributed by atoms with Crippen molar-refractivity contribution in [2.24, 2.45) is 0 Å². The second kappa shape index (κ2) is 8.47. The van der Waals surface area contributed by atoms with Gasteiger partial charge in [0.1, 0.15) is 5.75 Å². The summed E-state index contributed by atoms with van der Waals surface area (Å²) in [5, 5.41) is 3.43. The molecule has 1 aliphatic rings. The molecular weight excluding hydrogens is 414 g/mol. The van der Waals surface area contributed by atoms with E-state index in [1.54, 1.807) is 7.11 Å². The van der Waals surface area contributed by atoms with E-state index in [1.807, 2.05) is 67.6 Å². The van der Waals surface area contributed by atoms with Gasteiger partial charge in [0, 0.05) is 0 Å². The lowest BCUT2D eigenvalue weighted by molar-refractivity contribution is -0.138. The molecule has 0 radical (unpaired) electrons. The lowest BCUT2D eigenvalue weighted by Crippen LogP contribution is -2.29. The van der Waals surface area contributed by atoms with Crippen LogP contribution in [-0.4, -0.2) is 29.2 Å². The van der Waals surface area contributed by atoms with Crippen molar-refractivity contribution in [2.45, 2.75) is 19.9 Å². The minimum Gasteiger partial charge on any atom is -0.497 e. The summed E-state index contributed by atoms with van der Waals surface area (Å²) >= 11 is 0. The molecule has 0 amide bonds. The molecule has 0 spiro atoms. The number of fused-ring (bicyclic) bond motifs is 3. The van der Waals surface area contributed by atoms with E-state index in [9.17, 15) is 4.79 Å². The number of rotatable bonds is 5. The van der Waals surface area contributed by atoms with Gasteiger partial charge >= 0.3 is 5.97 Å². The summed E-state index contributed by atoms with van der Waals surface area (Å²) in [6.07, 6.45) is 0. The minimum atomic E-state index is -0.398. The van der Waals surface area contributed by atoms with Crippen molar-refractivity contribution in [1.29, 1.82) is 0 Å². The number of ether oxygens (including phenoxy) is 2. The van der Waals surface area contributed by atoms with Crippen LogP contribution in [0.25, 0.3) is 16.7 Å². The van der Waals surface area contributed by atoms with E-state index in [-0.39, 0.29) is 12.6 Å². The molecule has 1 N–H and O–H groups in total. The van der Waals surface area contributed by atoms with Crippen molar-refractivity contribution < 1.29 is 14.3 Å². The van der Waals surface area contributed by atoms with Gasteiger partial charge in [-0.25, -0.2) is 9.78 Å². The third-order valence-electron chi connectivity index (χ3n) is 5.87. The fourth-order valence-electron chi connectivity index (χ4n) is 4.40. The second-order valence-electron chi connectivity index (χ2n) is 7.97. The number of esters is 1. The molecule has 166 valence electrons. The Balaban J connectivity index is 1.81. The first-order valence-corrected chi connectivity index (χ1v) is 11.0. The molecule has 6 heteroatoms. The Hall–Kier alpha value is -4.06. The van der Waals surface area contributed by atoms with Crippen LogP contribution in [-0.2, 0) is 9.53 Å². The van der Waals surface area contributed by atoms with E-state index < -0.39 is 6.04 Å².